The highest BCUT2D eigenvalue weighted by Crippen LogP contribution is 2.16. The van der Waals surface area contributed by atoms with Gasteiger partial charge in [-0.05, 0) is 49.2 Å². The van der Waals surface area contributed by atoms with Gasteiger partial charge in [-0.15, -0.1) is 0 Å². The van der Waals surface area contributed by atoms with E-state index in [0.29, 0.717) is 16.2 Å². The van der Waals surface area contributed by atoms with Crippen LogP contribution in [-0.4, -0.2) is 22.9 Å². The van der Waals surface area contributed by atoms with E-state index < -0.39 is 10.8 Å². The number of ketones is 1. The first-order valence-electron chi connectivity index (χ1n) is 6.64. The zero-order chi connectivity index (χ0) is 15.4. The van der Waals surface area contributed by atoms with Crippen LogP contribution >= 0.6 is 0 Å². The lowest BCUT2D eigenvalue weighted by Gasteiger charge is -2.06. The summed E-state index contributed by atoms with van der Waals surface area (Å²) in [5.74, 6) is 0.457. The van der Waals surface area contributed by atoms with Gasteiger partial charge in [0.15, 0.2) is 5.78 Å². The molecule has 0 bridgehead atoms. The molecule has 0 aliphatic carbocycles. The van der Waals surface area contributed by atoms with Crippen LogP contribution in [0.15, 0.2) is 47.4 Å². The third-order valence-electron chi connectivity index (χ3n) is 3.40. The number of hydrogen-bond acceptors (Lipinski definition) is 3. The monoisotopic (exact) mass is 302 g/mol. The summed E-state index contributed by atoms with van der Waals surface area (Å²) in [7, 11) is 0.221. The van der Waals surface area contributed by atoms with Crippen LogP contribution < -0.4 is 4.74 Å². The summed E-state index contributed by atoms with van der Waals surface area (Å²) in [6, 6.07) is 12.5. The Morgan fingerprint density at radius 3 is 2.52 bits per heavy atom. The lowest BCUT2D eigenvalue weighted by atomic mass is 10.1. The van der Waals surface area contributed by atoms with E-state index in [1.807, 2.05) is 32.0 Å². The Morgan fingerprint density at radius 2 is 1.86 bits per heavy atom. The number of hydrogen-bond donors (Lipinski definition) is 0. The minimum Gasteiger partial charge on any atom is -0.497 e. The van der Waals surface area contributed by atoms with Crippen LogP contribution in [0.3, 0.4) is 0 Å². The zero-order valence-electron chi connectivity index (χ0n) is 12.4. The second kappa shape index (κ2) is 6.68. The second-order valence-electron chi connectivity index (χ2n) is 4.89. The van der Waals surface area contributed by atoms with E-state index >= 15 is 0 Å². The molecule has 0 aliphatic heterocycles. The van der Waals surface area contributed by atoms with Gasteiger partial charge >= 0.3 is 0 Å². The summed E-state index contributed by atoms with van der Waals surface area (Å²) in [4.78, 5) is 12.9. The first kappa shape index (κ1) is 15.4. The maximum absolute atomic E-state index is 12.3. The number of ether oxygens (including phenoxy) is 1. The van der Waals surface area contributed by atoms with E-state index in [2.05, 4.69) is 0 Å². The molecule has 2 aromatic rings. The molecule has 0 spiro atoms. The Balaban J connectivity index is 2.14. The number of carbonyl (C=O) groups is 1. The third-order valence-corrected chi connectivity index (χ3v) is 4.70. The largest absolute Gasteiger partial charge is 0.497 e. The van der Waals surface area contributed by atoms with Crippen LogP contribution in [0.2, 0.25) is 0 Å². The highest BCUT2D eigenvalue weighted by Gasteiger charge is 2.13. The van der Waals surface area contributed by atoms with Gasteiger partial charge in [0.1, 0.15) is 5.75 Å². The van der Waals surface area contributed by atoms with Gasteiger partial charge in [0.25, 0.3) is 0 Å². The van der Waals surface area contributed by atoms with Crippen molar-refractivity contribution in [1.82, 2.24) is 0 Å². The van der Waals surface area contributed by atoms with Gasteiger partial charge in [0.2, 0.25) is 0 Å². The fraction of sp³-hybridized carbons (Fsp3) is 0.235. The quantitative estimate of drug-likeness (QED) is 0.796. The number of Topliss-reactive ketones (excluding diaryl/α,β-unsaturated/α-hetero) is 1. The number of aryl methyl sites for hydroxylation is 2. The molecule has 1 unspecified atom stereocenters. The molecular formula is C17H18O3S. The summed E-state index contributed by atoms with van der Waals surface area (Å²) in [5.41, 5.74) is 2.75. The summed E-state index contributed by atoms with van der Waals surface area (Å²) >= 11 is 0. The number of rotatable bonds is 5. The van der Waals surface area contributed by atoms with E-state index in [1.165, 1.54) is 0 Å². The SMILES string of the molecule is COc1cccc(C(=O)CS(=O)c2ccc(C)c(C)c2)c1. The van der Waals surface area contributed by atoms with E-state index in [9.17, 15) is 9.00 Å². The van der Waals surface area contributed by atoms with Gasteiger partial charge in [-0.3, -0.25) is 9.00 Å². The maximum Gasteiger partial charge on any atom is 0.175 e. The molecule has 4 heteroatoms. The smallest absolute Gasteiger partial charge is 0.175 e. The fourth-order valence-electron chi connectivity index (χ4n) is 1.94. The normalized spacial score (nSPS) is 12.0. The van der Waals surface area contributed by atoms with Crippen LogP contribution in [0.25, 0.3) is 0 Å². The summed E-state index contributed by atoms with van der Waals surface area (Å²) in [6.45, 7) is 3.98. The predicted molar refractivity (Wildman–Crippen MR) is 84.5 cm³/mol. The van der Waals surface area contributed by atoms with Gasteiger partial charge in [-0.2, -0.15) is 0 Å². The van der Waals surface area contributed by atoms with E-state index in [1.54, 1.807) is 31.4 Å². The van der Waals surface area contributed by atoms with Crippen molar-refractivity contribution in [2.75, 3.05) is 12.9 Å². The van der Waals surface area contributed by atoms with Crippen molar-refractivity contribution in [2.24, 2.45) is 0 Å². The molecule has 3 nitrogen and oxygen atoms in total. The Morgan fingerprint density at radius 1 is 1.10 bits per heavy atom. The van der Waals surface area contributed by atoms with Crippen molar-refractivity contribution < 1.29 is 13.7 Å². The van der Waals surface area contributed by atoms with Crippen molar-refractivity contribution >= 4 is 16.6 Å². The molecule has 0 N–H and O–H groups in total. The van der Waals surface area contributed by atoms with Gasteiger partial charge in [-0.1, -0.05) is 18.2 Å². The van der Waals surface area contributed by atoms with Gasteiger partial charge in [0, 0.05) is 10.5 Å². The van der Waals surface area contributed by atoms with Gasteiger partial charge < -0.3 is 4.74 Å². The van der Waals surface area contributed by atoms with Crippen LogP contribution in [0.1, 0.15) is 21.5 Å². The molecular weight excluding hydrogens is 284 g/mol. The van der Waals surface area contributed by atoms with Crippen LogP contribution in [-0.2, 0) is 10.8 Å². The number of methoxy groups -OCH3 is 1. The third kappa shape index (κ3) is 3.79. The Kier molecular flexibility index (Phi) is 4.91. The zero-order valence-corrected chi connectivity index (χ0v) is 13.2. The highest BCUT2D eigenvalue weighted by atomic mass is 32.2. The average Bonchev–Trinajstić information content (AvgIpc) is 2.49. The Bertz CT molecular complexity index is 692. The molecule has 0 fully saturated rings. The molecule has 21 heavy (non-hydrogen) atoms. The van der Waals surface area contributed by atoms with Crippen LogP contribution in [0.5, 0.6) is 5.75 Å². The molecule has 0 aliphatic rings. The Labute approximate surface area is 127 Å². The van der Waals surface area contributed by atoms with E-state index in [0.717, 1.165) is 11.1 Å². The molecule has 0 radical (unpaired) electrons. The van der Waals surface area contributed by atoms with Crippen molar-refractivity contribution in [2.45, 2.75) is 18.7 Å². The predicted octanol–water partition coefficient (Wildman–Crippen LogP) is 3.30. The molecule has 0 heterocycles. The molecule has 0 amide bonds. The van der Waals surface area contributed by atoms with E-state index in [4.69, 9.17) is 4.74 Å². The van der Waals surface area contributed by atoms with Crippen molar-refractivity contribution in [3.8, 4) is 5.75 Å². The minimum absolute atomic E-state index is 0.0182. The lowest BCUT2D eigenvalue weighted by Crippen LogP contribution is -2.11. The first-order chi connectivity index (χ1) is 10.0. The van der Waals surface area contributed by atoms with Crippen molar-refractivity contribution in [1.29, 1.82) is 0 Å². The molecule has 2 rings (SSSR count). The average molecular weight is 302 g/mol. The standard InChI is InChI=1S/C17H18O3S/c1-12-7-8-16(9-13(12)2)21(19)11-17(18)14-5-4-6-15(10-14)20-3/h4-10H,11H2,1-3H3. The molecule has 0 aromatic heterocycles. The maximum atomic E-state index is 12.3. The van der Waals surface area contributed by atoms with Gasteiger partial charge in [-0.25, -0.2) is 0 Å². The molecule has 1 atom stereocenters. The Hall–Kier alpha value is -1.94. The van der Waals surface area contributed by atoms with Crippen LogP contribution in [0, 0.1) is 13.8 Å². The molecule has 2 aromatic carbocycles. The minimum atomic E-state index is -1.33. The summed E-state index contributed by atoms with van der Waals surface area (Å²) in [6.07, 6.45) is 0. The number of carbonyl (C=O) groups excluding carboxylic acids is 1. The molecule has 0 saturated heterocycles. The lowest BCUT2D eigenvalue weighted by molar-refractivity contribution is 0.102. The van der Waals surface area contributed by atoms with Crippen molar-refractivity contribution in [3.63, 3.8) is 0 Å². The fourth-order valence-corrected chi connectivity index (χ4v) is 3.04. The van der Waals surface area contributed by atoms with E-state index in [-0.39, 0.29) is 11.5 Å². The highest BCUT2D eigenvalue weighted by molar-refractivity contribution is 7.85. The second-order valence-corrected chi connectivity index (χ2v) is 6.34. The topological polar surface area (TPSA) is 43.4 Å². The first-order valence-corrected chi connectivity index (χ1v) is 7.96. The van der Waals surface area contributed by atoms with Gasteiger partial charge in [0.05, 0.1) is 23.7 Å². The summed E-state index contributed by atoms with van der Waals surface area (Å²) < 4.78 is 17.4. The molecule has 110 valence electrons. The number of benzene rings is 2. The van der Waals surface area contributed by atoms with Crippen LogP contribution in [0.4, 0.5) is 0 Å². The molecule has 0 saturated carbocycles. The van der Waals surface area contributed by atoms with Crippen molar-refractivity contribution in [3.05, 3.63) is 59.2 Å². The summed E-state index contributed by atoms with van der Waals surface area (Å²) in [5, 5.41) is 0.